The Hall–Kier alpha value is -0.970. The fourth-order valence-corrected chi connectivity index (χ4v) is 1.75. The minimum absolute atomic E-state index is 0.641. The number of hydrogen-bond donors (Lipinski definition) is 16. The molecule has 0 aliphatic heterocycles. The van der Waals surface area contributed by atoms with Crippen LogP contribution in [0.25, 0.3) is 0 Å². The van der Waals surface area contributed by atoms with Crippen LogP contribution in [0.15, 0.2) is 0 Å². The van der Waals surface area contributed by atoms with Gasteiger partial charge in [-0.05, 0) is 0 Å². The average molecular weight is 514 g/mol. The van der Waals surface area contributed by atoms with Gasteiger partial charge in [0.15, 0.2) is 5.78 Å². The maximum Gasteiger partial charge on any atom is 0.189 e. The summed E-state index contributed by atoms with van der Waals surface area (Å²) in [4.78, 5) is 10.5. The predicted octanol–water partition coefficient (Wildman–Crippen LogP) is -9.91. The maximum atomic E-state index is 10.5. The maximum absolute atomic E-state index is 10.5. The molecule has 0 heterocycles. The Morgan fingerprint density at radius 3 is 0.882 bits per heavy atom. The zero-order chi connectivity index (χ0) is 27.6. The molecule has 0 rings (SSSR count). The van der Waals surface area contributed by atoms with E-state index < -0.39 is 106 Å². The third-order valence-electron chi connectivity index (χ3n) is 4.07. The molecule has 0 aromatic heterocycles. The molecular weight excluding hydrogens is 476 g/mol. The van der Waals surface area contributed by atoms with Crippen LogP contribution < -0.4 is 0 Å². The SMILES string of the molecule is O=C(CO)[C@H](O)[C@@H](O)[C@H](O)CO.OC[C@@H](O)[C@H](O)[C@@H](O)CO.OC[C@@H](O)[C@H](O)[C@@H](O)[C@H](O)CO. The molecule has 16 N–H and O–H groups in total. The first-order valence-corrected chi connectivity index (χ1v) is 9.70. The number of carbonyl (C=O) groups excluding carboxylic acids is 1. The summed E-state index contributed by atoms with van der Waals surface area (Å²) in [6.07, 6.45) is -15.9. The largest absolute Gasteiger partial charge is 0.394 e. The summed E-state index contributed by atoms with van der Waals surface area (Å²) in [5.74, 6) is -1.00. The van der Waals surface area contributed by atoms with E-state index in [1.165, 1.54) is 0 Å². The summed E-state index contributed by atoms with van der Waals surface area (Å²) in [6, 6.07) is 0. The highest BCUT2D eigenvalue weighted by atomic mass is 16.4. The summed E-state index contributed by atoms with van der Waals surface area (Å²) < 4.78 is 0. The van der Waals surface area contributed by atoms with Gasteiger partial charge < -0.3 is 81.7 Å². The highest BCUT2D eigenvalue weighted by Crippen LogP contribution is 2.04. The molecule has 17 heteroatoms. The van der Waals surface area contributed by atoms with Crippen LogP contribution in [0.1, 0.15) is 0 Å². The van der Waals surface area contributed by atoms with Crippen LogP contribution in [0.4, 0.5) is 0 Å². The van der Waals surface area contributed by atoms with Crippen LogP contribution in [-0.4, -0.2) is 188 Å². The minimum Gasteiger partial charge on any atom is -0.394 e. The van der Waals surface area contributed by atoms with Gasteiger partial charge in [0, 0.05) is 0 Å². The molecule has 208 valence electrons. The first kappa shape index (κ1) is 37.6. The second-order valence-electron chi connectivity index (χ2n) is 6.78. The minimum atomic E-state index is -1.86. The van der Waals surface area contributed by atoms with Crippen molar-refractivity contribution in [3.8, 4) is 0 Å². The van der Waals surface area contributed by atoms with Crippen molar-refractivity contribution in [2.24, 2.45) is 0 Å². The van der Waals surface area contributed by atoms with E-state index in [0.29, 0.717) is 0 Å². The highest BCUT2D eigenvalue weighted by Gasteiger charge is 2.30. The molecule has 0 spiro atoms. The Morgan fingerprint density at radius 2 is 0.647 bits per heavy atom. The molecule has 0 aromatic rings. The van der Waals surface area contributed by atoms with Crippen LogP contribution >= 0.6 is 0 Å². The Bertz CT molecular complexity index is 459. The molecule has 0 aliphatic carbocycles. The van der Waals surface area contributed by atoms with Gasteiger partial charge >= 0.3 is 0 Å². The molecule has 0 aliphatic rings. The Morgan fingerprint density at radius 1 is 0.412 bits per heavy atom. The van der Waals surface area contributed by atoms with E-state index in [1.807, 2.05) is 0 Å². The van der Waals surface area contributed by atoms with E-state index in [2.05, 4.69) is 0 Å². The molecule has 0 bridgehead atoms. The number of hydrogen-bond acceptors (Lipinski definition) is 17. The molecule has 17 nitrogen and oxygen atoms in total. The zero-order valence-electron chi connectivity index (χ0n) is 18.1. The van der Waals surface area contributed by atoms with Crippen molar-refractivity contribution in [2.45, 2.75) is 61.0 Å². The van der Waals surface area contributed by atoms with Gasteiger partial charge in [0.2, 0.25) is 0 Å². The molecule has 34 heavy (non-hydrogen) atoms. The van der Waals surface area contributed by atoms with E-state index in [9.17, 15) is 4.79 Å². The number of aliphatic hydroxyl groups is 16. The molecule has 0 saturated heterocycles. The van der Waals surface area contributed by atoms with Crippen molar-refractivity contribution >= 4 is 5.78 Å². The fourth-order valence-electron chi connectivity index (χ4n) is 1.75. The van der Waals surface area contributed by atoms with Crippen LogP contribution in [0.2, 0.25) is 0 Å². The van der Waals surface area contributed by atoms with Crippen molar-refractivity contribution in [3.05, 3.63) is 0 Å². The Balaban J connectivity index is -0.000000426. The lowest BCUT2D eigenvalue weighted by atomic mass is 10.0. The normalized spacial score (nSPS) is 20.0. The van der Waals surface area contributed by atoms with Crippen LogP contribution in [0.3, 0.4) is 0 Å². The quantitative estimate of drug-likeness (QED) is 0.102. The predicted molar refractivity (Wildman–Crippen MR) is 108 cm³/mol. The van der Waals surface area contributed by atoms with Gasteiger partial charge in [0.25, 0.3) is 0 Å². The zero-order valence-corrected chi connectivity index (χ0v) is 18.1. The smallest absolute Gasteiger partial charge is 0.189 e. The van der Waals surface area contributed by atoms with Crippen LogP contribution in [-0.2, 0) is 4.79 Å². The standard InChI is InChI=1S/C6H14O6.C6H12O6.C5H12O5/c2*7-1-3(9)5(11)6(12)4(10)2-8;6-1-3(8)5(10)4(9)2-7/h3-12H,1-2H2;3,5-9,11-12H,1-2H2;3-10H,1-2H2/t3-,4-,5+,6+;3-,5+,6+;3-,4+,5+/m11./s1. The fraction of sp³-hybridized carbons (Fsp3) is 0.941. The van der Waals surface area contributed by atoms with Gasteiger partial charge in [-0.15, -0.1) is 0 Å². The first-order valence-electron chi connectivity index (χ1n) is 9.70. The summed E-state index contributed by atoms with van der Waals surface area (Å²) in [5, 5.41) is 138. The van der Waals surface area contributed by atoms with E-state index in [-0.39, 0.29) is 0 Å². The van der Waals surface area contributed by atoms with E-state index in [0.717, 1.165) is 0 Å². The Labute approximate surface area is 193 Å². The number of carbonyl (C=O) groups is 1. The second kappa shape index (κ2) is 21.3. The lowest BCUT2D eigenvalue weighted by Crippen LogP contribution is -2.46. The topological polar surface area (TPSA) is 341 Å². The van der Waals surface area contributed by atoms with Gasteiger partial charge in [0.1, 0.15) is 67.6 Å². The monoisotopic (exact) mass is 514 g/mol. The van der Waals surface area contributed by atoms with Crippen LogP contribution in [0.5, 0.6) is 0 Å². The molecule has 0 saturated carbocycles. The van der Waals surface area contributed by atoms with Crippen molar-refractivity contribution < 1.29 is 86.5 Å². The van der Waals surface area contributed by atoms with Crippen molar-refractivity contribution in [3.63, 3.8) is 0 Å². The molecule has 0 aromatic carbocycles. The molecule has 0 fully saturated rings. The molecule has 0 unspecified atom stereocenters. The van der Waals surface area contributed by atoms with Crippen molar-refractivity contribution in [1.82, 2.24) is 0 Å². The second-order valence-corrected chi connectivity index (χ2v) is 6.78. The number of Topliss-reactive ketones (excluding diaryl/α,β-unsaturated/α-hetero) is 1. The van der Waals surface area contributed by atoms with Crippen molar-refractivity contribution in [1.29, 1.82) is 0 Å². The third-order valence-corrected chi connectivity index (χ3v) is 4.07. The Kier molecular flexibility index (Phi) is 23.6. The lowest BCUT2D eigenvalue weighted by molar-refractivity contribution is -0.142. The molecular formula is C17H38O17. The van der Waals surface area contributed by atoms with Gasteiger partial charge in [-0.3, -0.25) is 4.79 Å². The van der Waals surface area contributed by atoms with Gasteiger partial charge in [-0.1, -0.05) is 0 Å². The van der Waals surface area contributed by atoms with Gasteiger partial charge in [0.05, 0.1) is 33.0 Å². The summed E-state index contributed by atoms with van der Waals surface area (Å²) in [6.45, 7) is -4.42. The molecule has 0 amide bonds. The number of rotatable bonds is 14. The van der Waals surface area contributed by atoms with E-state index in [4.69, 9.17) is 81.7 Å². The summed E-state index contributed by atoms with van der Waals surface area (Å²) >= 11 is 0. The number of ketones is 1. The van der Waals surface area contributed by atoms with E-state index in [1.54, 1.807) is 0 Å². The van der Waals surface area contributed by atoms with Gasteiger partial charge in [-0.2, -0.15) is 0 Å². The molecule has 10 atom stereocenters. The third kappa shape index (κ3) is 15.1. The summed E-state index contributed by atoms with van der Waals surface area (Å²) in [5.41, 5.74) is 0. The van der Waals surface area contributed by atoms with E-state index >= 15 is 0 Å². The lowest BCUT2D eigenvalue weighted by Gasteiger charge is -2.24. The average Bonchev–Trinajstić information content (AvgIpc) is 2.88. The molecule has 0 radical (unpaired) electrons. The van der Waals surface area contributed by atoms with Crippen LogP contribution in [0, 0.1) is 0 Å². The number of aliphatic hydroxyl groups excluding tert-OH is 16. The summed E-state index contributed by atoms with van der Waals surface area (Å²) in [7, 11) is 0. The van der Waals surface area contributed by atoms with Crippen molar-refractivity contribution in [2.75, 3.05) is 39.6 Å². The van der Waals surface area contributed by atoms with Gasteiger partial charge in [-0.25, -0.2) is 0 Å². The first-order chi connectivity index (χ1) is 15.7. The highest BCUT2D eigenvalue weighted by molar-refractivity contribution is 5.84.